The van der Waals surface area contributed by atoms with Gasteiger partial charge in [0.2, 0.25) is 15.7 Å². The van der Waals surface area contributed by atoms with Crippen LogP contribution in [0.4, 0.5) is 5.69 Å². The molecular weight excluding hydrogens is 438 g/mol. The van der Waals surface area contributed by atoms with Gasteiger partial charge in [-0.25, -0.2) is 18.1 Å². The molecule has 0 bridgehead atoms. The Hall–Kier alpha value is -2.42. The lowest BCUT2D eigenvalue weighted by Crippen LogP contribution is -2.48. The van der Waals surface area contributed by atoms with E-state index in [1.54, 1.807) is 12.5 Å². The summed E-state index contributed by atoms with van der Waals surface area (Å²) in [7, 11) is -3.32. The molecule has 1 N–H and O–H groups in total. The summed E-state index contributed by atoms with van der Waals surface area (Å²) in [5.74, 6) is 0.599. The Morgan fingerprint density at radius 2 is 1.91 bits per heavy atom. The number of sulfonamides is 1. The number of rotatable bonds is 7. The SMILES string of the molecule is CS(=O)(=O)N[C@H]1CCN(c2cnc3occc3c2)[C@H]1CO[C@H]1CC[C@@H](c2ccccc2)CC1. The topological polar surface area (TPSA) is 84.7 Å². The third kappa shape index (κ3) is 5.23. The fourth-order valence-corrected chi connectivity index (χ4v) is 6.14. The second-order valence-electron chi connectivity index (χ2n) is 9.27. The number of benzene rings is 1. The standard InChI is InChI=1S/C25H31N3O4S/c1-33(29,30)27-23-11-13-28(21-15-20-12-14-31-25(20)26-16-21)24(23)17-32-22-9-7-19(8-10-22)18-5-3-2-4-6-18/h2-6,12,14-16,19,22-24,27H,7-11,13,17H2,1H3/t19-,22+,23-,24-/m0/s1. The normalized spacial score (nSPS) is 26.2. The summed E-state index contributed by atoms with van der Waals surface area (Å²) in [5.41, 5.74) is 2.98. The van der Waals surface area contributed by atoms with Gasteiger partial charge in [0.15, 0.2) is 0 Å². The Bertz CT molecular complexity index is 1170. The van der Waals surface area contributed by atoms with Crippen molar-refractivity contribution in [3.63, 3.8) is 0 Å². The average Bonchev–Trinajstić information content (AvgIpc) is 3.44. The van der Waals surface area contributed by atoms with Crippen LogP contribution in [-0.4, -0.2) is 51.0 Å². The smallest absolute Gasteiger partial charge is 0.225 e. The molecule has 8 heteroatoms. The number of pyridine rings is 1. The van der Waals surface area contributed by atoms with Crippen LogP contribution in [-0.2, 0) is 14.8 Å². The van der Waals surface area contributed by atoms with Crippen LogP contribution in [0.15, 0.2) is 59.3 Å². The number of fused-ring (bicyclic) bond motifs is 1. The van der Waals surface area contributed by atoms with Crippen LogP contribution in [0.1, 0.15) is 43.6 Å². The number of nitrogens with one attached hydrogen (secondary N) is 1. The number of hydrogen-bond acceptors (Lipinski definition) is 6. The molecule has 2 aliphatic rings. The van der Waals surface area contributed by atoms with E-state index in [1.807, 2.05) is 12.1 Å². The van der Waals surface area contributed by atoms with Crippen molar-refractivity contribution in [3.05, 3.63) is 60.5 Å². The molecule has 3 aromatic rings. The lowest BCUT2D eigenvalue weighted by atomic mass is 9.83. The molecule has 33 heavy (non-hydrogen) atoms. The molecule has 5 rings (SSSR count). The monoisotopic (exact) mass is 469 g/mol. The van der Waals surface area contributed by atoms with Crippen molar-refractivity contribution in [1.82, 2.24) is 9.71 Å². The van der Waals surface area contributed by atoms with Crippen molar-refractivity contribution in [2.24, 2.45) is 0 Å². The molecule has 0 spiro atoms. The molecule has 0 unspecified atom stereocenters. The molecule has 2 aromatic heterocycles. The number of hydrogen-bond donors (Lipinski definition) is 1. The summed E-state index contributed by atoms with van der Waals surface area (Å²) >= 11 is 0. The molecule has 0 amide bonds. The molecule has 1 saturated carbocycles. The first-order valence-electron chi connectivity index (χ1n) is 11.7. The maximum Gasteiger partial charge on any atom is 0.225 e. The molecule has 0 radical (unpaired) electrons. The van der Waals surface area contributed by atoms with Gasteiger partial charge in [0, 0.05) is 18.0 Å². The minimum absolute atomic E-state index is 0.0854. The zero-order valence-electron chi connectivity index (χ0n) is 18.9. The van der Waals surface area contributed by atoms with E-state index in [2.05, 4.69) is 44.9 Å². The van der Waals surface area contributed by atoms with Gasteiger partial charge in [-0.3, -0.25) is 0 Å². The third-order valence-corrected chi connectivity index (χ3v) is 7.71. The van der Waals surface area contributed by atoms with Crippen molar-refractivity contribution in [2.45, 2.75) is 56.2 Å². The summed E-state index contributed by atoms with van der Waals surface area (Å²) in [6.07, 6.45) is 9.88. The minimum Gasteiger partial charge on any atom is -0.446 e. The van der Waals surface area contributed by atoms with Crippen molar-refractivity contribution in [3.8, 4) is 0 Å². The molecule has 1 aromatic carbocycles. The Morgan fingerprint density at radius 1 is 1.12 bits per heavy atom. The minimum atomic E-state index is -3.32. The van der Waals surface area contributed by atoms with Crippen molar-refractivity contribution >= 4 is 26.8 Å². The van der Waals surface area contributed by atoms with Crippen LogP contribution in [0.2, 0.25) is 0 Å². The van der Waals surface area contributed by atoms with Gasteiger partial charge in [-0.05, 0) is 55.7 Å². The number of anilines is 1. The number of furan rings is 1. The molecule has 1 saturated heterocycles. The maximum atomic E-state index is 12.0. The Morgan fingerprint density at radius 3 is 2.67 bits per heavy atom. The molecule has 1 aliphatic carbocycles. The molecule has 176 valence electrons. The zero-order valence-corrected chi connectivity index (χ0v) is 19.7. The highest BCUT2D eigenvalue weighted by Gasteiger charge is 2.37. The van der Waals surface area contributed by atoms with Crippen molar-refractivity contribution in [2.75, 3.05) is 24.3 Å². The van der Waals surface area contributed by atoms with Crippen molar-refractivity contribution in [1.29, 1.82) is 0 Å². The van der Waals surface area contributed by atoms with Crippen LogP contribution in [0.5, 0.6) is 0 Å². The number of nitrogens with zero attached hydrogens (tertiary/aromatic N) is 2. The number of aromatic nitrogens is 1. The molecule has 2 atom stereocenters. The largest absolute Gasteiger partial charge is 0.446 e. The molecule has 1 aliphatic heterocycles. The Balaban J connectivity index is 1.26. The summed E-state index contributed by atoms with van der Waals surface area (Å²) in [6.45, 7) is 1.23. The van der Waals surface area contributed by atoms with Gasteiger partial charge in [0.1, 0.15) is 0 Å². The Kier molecular flexibility index (Phi) is 6.40. The second-order valence-corrected chi connectivity index (χ2v) is 11.1. The van der Waals surface area contributed by atoms with E-state index in [0.717, 1.165) is 49.7 Å². The van der Waals surface area contributed by atoms with Gasteiger partial charge < -0.3 is 14.1 Å². The summed E-state index contributed by atoms with van der Waals surface area (Å²) in [5, 5.41) is 0.936. The maximum absolute atomic E-state index is 12.0. The third-order valence-electron chi connectivity index (χ3n) is 6.98. The van der Waals surface area contributed by atoms with Gasteiger partial charge in [-0.1, -0.05) is 30.3 Å². The highest BCUT2D eigenvalue weighted by Crippen LogP contribution is 2.35. The highest BCUT2D eigenvalue weighted by atomic mass is 32.2. The molecule has 2 fully saturated rings. The van der Waals surface area contributed by atoms with E-state index >= 15 is 0 Å². The zero-order chi connectivity index (χ0) is 22.8. The van der Waals surface area contributed by atoms with E-state index in [9.17, 15) is 8.42 Å². The Labute approximate surface area is 195 Å². The summed E-state index contributed by atoms with van der Waals surface area (Å²) in [6, 6.07) is 14.4. The fourth-order valence-electron chi connectivity index (χ4n) is 5.32. The summed E-state index contributed by atoms with van der Waals surface area (Å²) < 4.78 is 38.6. The first-order chi connectivity index (χ1) is 16.0. The van der Waals surface area contributed by atoms with Crippen LogP contribution in [0.3, 0.4) is 0 Å². The van der Waals surface area contributed by atoms with E-state index in [0.29, 0.717) is 18.2 Å². The quantitative estimate of drug-likeness (QED) is 0.562. The van der Waals surface area contributed by atoms with Crippen LogP contribution >= 0.6 is 0 Å². The van der Waals surface area contributed by atoms with Crippen LogP contribution < -0.4 is 9.62 Å². The van der Waals surface area contributed by atoms with E-state index in [1.165, 1.54) is 11.8 Å². The van der Waals surface area contributed by atoms with Gasteiger partial charge in [0.05, 0.1) is 43.2 Å². The van der Waals surface area contributed by atoms with Gasteiger partial charge in [-0.2, -0.15) is 0 Å². The number of ether oxygens (including phenoxy) is 1. The van der Waals surface area contributed by atoms with E-state index in [-0.39, 0.29) is 18.2 Å². The van der Waals surface area contributed by atoms with Crippen LogP contribution in [0.25, 0.3) is 11.1 Å². The fraction of sp³-hybridized carbons (Fsp3) is 0.480. The van der Waals surface area contributed by atoms with Crippen molar-refractivity contribution < 1.29 is 17.6 Å². The van der Waals surface area contributed by atoms with Gasteiger partial charge >= 0.3 is 0 Å². The predicted molar refractivity (Wildman–Crippen MR) is 129 cm³/mol. The summed E-state index contributed by atoms with van der Waals surface area (Å²) in [4.78, 5) is 6.64. The van der Waals surface area contributed by atoms with E-state index in [4.69, 9.17) is 9.15 Å². The molecule has 3 heterocycles. The first-order valence-corrected chi connectivity index (χ1v) is 13.6. The van der Waals surface area contributed by atoms with E-state index < -0.39 is 10.0 Å². The average molecular weight is 470 g/mol. The van der Waals surface area contributed by atoms with Crippen LogP contribution in [0, 0.1) is 0 Å². The predicted octanol–water partition coefficient (Wildman–Crippen LogP) is 4.07. The second kappa shape index (κ2) is 9.44. The van der Waals surface area contributed by atoms with Gasteiger partial charge in [-0.15, -0.1) is 0 Å². The first kappa shape index (κ1) is 22.4. The lowest BCUT2D eigenvalue weighted by molar-refractivity contribution is 0.0157. The van der Waals surface area contributed by atoms with Gasteiger partial charge in [0.25, 0.3) is 0 Å². The molecular formula is C25H31N3O4S. The highest BCUT2D eigenvalue weighted by molar-refractivity contribution is 7.88. The molecule has 7 nitrogen and oxygen atoms in total. The lowest BCUT2D eigenvalue weighted by Gasteiger charge is -2.33.